The number of benzene rings is 1. The van der Waals surface area contributed by atoms with Gasteiger partial charge in [0.05, 0.1) is 6.54 Å². The molecular formula is C14H21ClIN3O. The highest BCUT2D eigenvalue weighted by Crippen LogP contribution is 2.13. The predicted octanol–water partition coefficient (Wildman–Crippen LogP) is 2.34. The first-order valence-electron chi connectivity index (χ1n) is 6.62. The number of anilines is 1. The summed E-state index contributed by atoms with van der Waals surface area (Å²) in [6, 6.07) is 8.48. The van der Waals surface area contributed by atoms with Crippen molar-refractivity contribution in [2.75, 3.05) is 32.0 Å². The van der Waals surface area contributed by atoms with Crippen molar-refractivity contribution in [2.24, 2.45) is 0 Å². The first kappa shape index (κ1) is 17.7. The van der Waals surface area contributed by atoms with Crippen LogP contribution < -0.4 is 10.6 Å². The summed E-state index contributed by atoms with van der Waals surface area (Å²) in [4.78, 5) is 14.2. The summed E-state index contributed by atoms with van der Waals surface area (Å²) >= 11 is 2.25. The van der Waals surface area contributed by atoms with Crippen LogP contribution in [-0.2, 0) is 4.79 Å². The highest BCUT2D eigenvalue weighted by atomic mass is 127. The van der Waals surface area contributed by atoms with Crippen LogP contribution in [0.5, 0.6) is 0 Å². The second-order valence-electron chi connectivity index (χ2n) is 4.90. The van der Waals surface area contributed by atoms with E-state index in [2.05, 4.69) is 38.1 Å². The van der Waals surface area contributed by atoms with E-state index in [1.165, 1.54) is 0 Å². The van der Waals surface area contributed by atoms with Crippen LogP contribution in [0.3, 0.4) is 0 Å². The third kappa shape index (κ3) is 5.55. The van der Waals surface area contributed by atoms with Crippen molar-refractivity contribution in [3.63, 3.8) is 0 Å². The molecule has 1 aromatic carbocycles. The first-order valence-corrected chi connectivity index (χ1v) is 7.70. The lowest BCUT2D eigenvalue weighted by Crippen LogP contribution is -2.44. The van der Waals surface area contributed by atoms with E-state index in [1.54, 1.807) is 0 Å². The molecule has 20 heavy (non-hydrogen) atoms. The van der Waals surface area contributed by atoms with Crippen molar-refractivity contribution in [1.29, 1.82) is 0 Å². The second kappa shape index (κ2) is 8.81. The molecule has 0 bridgehead atoms. The van der Waals surface area contributed by atoms with Crippen LogP contribution in [-0.4, -0.2) is 43.5 Å². The van der Waals surface area contributed by atoms with Crippen molar-refractivity contribution in [3.05, 3.63) is 27.8 Å². The topological polar surface area (TPSA) is 44.4 Å². The van der Waals surface area contributed by atoms with E-state index >= 15 is 0 Å². The monoisotopic (exact) mass is 409 g/mol. The normalized spacial score (nSPS) is 16.5. The molecule has 0 aliphatic carbocycles. The highest BCUT2D eigenvalue weighted by Gasteiger charge is 2.19. The summed E-state index contributed by atoms with van der Waals surface area (Å²) in [6.45, 7) is 2.47. The third-order valence-electron chi connectivity index (χ3n) is 3.47. The van der Waals surface area contributed by atoms with E-state index in [4.69, 9.17) is 0 Å². The Hall–Kier alpha value is -0.370. The SMILES string of the molecule is CNC1CCN(CC(=O)Nc2cccc(I)c2)CC1.Cl. The van der Waals surface area contributed by atoms with Crippen LogP contribution in [0.2, 0.25) is 0 Å². The van der Waals surface area contributed by atoms with Gasteiger partial charge in [0.25, 0.3) is 0 Å². The van der Waals surface area contributed by atoms with Crippen molar-refractivity contribution >= 4 is 46.6 Å². The molecule has 2 rings (SSSR count). The van der Waals surface area contributed by atoms with Crippen molar-refractivity contribution in [2.45, 2.75) is 18.9 Å². The summed E-state index contributed by atoms with van der Waals surface area (Å²) in [5.41, 5.74) is 0.877. The molecule has 1 fully saturated rings. The highest BCUT2D eigenvalue weighted by molar-refractivity contribution is 14.1. The Bertz CT molecular complexity index is 436. The van der Waals surface area contributed by atoms with E-state index in [9.17, 15) is 4.79 Å². The van der Waals surface area contributed by atoms with E-state index in [1.807, 2.05) is 31.3 Å². The number of nitrogens with one attached hydrogen (secondary N) is 2. The van der Waals surface area contributed by atoms with Gasteiger partial charge in [0.2, 0.25) is 5.91 Å². The molecule has 1 saturated heterocycles. The number of halogens is 2. The van der Waals surface area contributed by atoms with Gasteiger partial charge in [-0.3, -0.25) is 9.69 Å². The Morgan fingerprint density at radius 2 is 2.10 bits per heavy atom. The zero-order valence-corrected chi connectivity index (χ0v) is 14.5. The van der Waals surface area contributed by atoms with Crippen molar-refractivity contribution < 1.29 is 4.79 Å². The summed E-state index contributed by atoms with van der Waals surface area (Å²) in [5.74, 6) is 0.0740. The summed E-state index contributed by atoms with van der Waals surface area (Å²) in [6.07, 6.45) is 2.24. The molecule has 2 N–H and O–H groups in total. The summed E-state index contributed by atoms with van der Waals surface area (Å²) in [7, 11) is 2.00. The van der Waals surface area contributed by atoms with Gasteiger partial charge in [-0.15, -0.1) is 12.4 Å². The third-order valence-corrected chi connectivity index (χ3v) is 4.14. The minimum atomic E-state index is 0. The smallest absolute Gasteiger partial charge is 0.238 e. The molecule has 1 aliphatic rings. The van der Waals surface area contributed by atoms with E-state index in [0.29, 0.717) is 12.6 Å². The Morgan fingerprint density at radius 3 is 2.70 bits per heavy atom. The molecule has 1 aromatic rings. The number of hydrogen-bond donors (Lipinski definition) is 2. The van der Waals surface area contributed by atoms with Gasteiger partial charge in [-0.2, -0.15) is 0 Å². The standard InChI is InChI=1S/C14H20IN3O.ClH/c1-16-12-5-7-18(8-6-12)10-14(19)17-13-4-2-3-11(15)9-13;/h2-4,9,12,16H,5-8,10H2,1H3,(H,17,19);1H. The van der Waals surface area contributed by atoms with Crippen molar-refractivity contribution in [3.8, 4) is 0 Å². The van der Waals surface area contributed by atoms with Gasteiger partial charge < -0.3 is 10.6 Å². The van der Waals surface area contributed by atoms with E-state index in [-0.39, 0.29) is 18.3 Å². The molecule has 0 saturated carbocycles. The lowest BCUT2D eigenvalue weighted by atomic mass is 10.1. The quantitative estimate of drug-likeness (QED) is 0.750. The van der Waals surface area contributed by atoms with Gasteiger partial charge in [0, 0.05) is 28.4 Å². The number of amides is 1. The van der Waals surface area contributed by atoms with E-state index < -0.39 is 0 Å². The van der Waals surface area contributed by atoms with Gasteiger partial charge in [0.15, 0.2) is 0 Å². The summed E-state index contributed by atoms with van der Waals surface area (Å²) in [5, 5.41) is 6.25. The van der Waals surface area contributed by atoms with Crippen LogP contribution >= 0.6 is 35.0 Å². The molecule has 0 radical (unpaired) electrons. The fourth-order valence-electron chi connectivity index (χ4n) is 2.35. The van der Waals surface area contributed by atoms with Crippen LogP contribution in [0.4, 0.5) is 5.69 Å². The molecule has 1 aliphatic heterocycles. The number of carbonyl (C=O) groups is 1. The zero-order valence-electron chi connectivity index (χ0n) is 11.6. The number of likely N-dealkylation sites (tertiary alicyclic amines) is 1. The maximum atomic E-state index is 12.0. The van der Waals surface area contributed by atoms with Crippen molar-refractivity contribution in [1.82, 2.24) is 10.2 Å². The van der Waals surface area contributed by atoms with Crippen LogP contribution in [0.15, 0.2) is 24.3 Å². The minimum Gasteiger partial charge on any atom is -0.325 e. The molecule has 0 spiro atoms. The van der Waals surface area contributed by atoms with Crippen LogP contribution in [0.1, 0.15) is 12.8 Å². The molecule has 0 unspecified atom stereocenters. The van der Waals surface area contributed by atoms with Gasteiger partial charge in [-0.05, 0) is 60.7 Å². The lowest BCUT2D eigenvalue weighted by Gasteiger charge is -2.31. The zero-order chi connectivity index (χ0) is 13.7. The average Bonchev–Trinajstić information content (AvgIpc) is 2.39. The number of nitrogens with zero attached hydrogens (tertiary/aromatic N) is 1. The molecule has 0 atom stereocenters. The Kier molecular flexibility index (Phi) is 7.79. The molecule has 1 heterocycles. The van der Waals surface area contributed by atoms with Crippen LogP contribution in [0.25, 0.3) is 0 Å². The van der Waals surface area contributed by atoms with Gasteiger partial charge >= 0.3 is 0 Å². The molecule has 4 nitrogen and oxygen atoms in total. The Morgan fingerprint density at radius 1 is 1.40 bits per heavy atom. The molecule has 112 valence electrons. The maximum absolute atomic E-state index is 12.0. The lowest BCUT2D eigenvalue weighted by molar-refractivity contribution is -0.117. The fourth-order valence-corrected chi connectivity index (χ4v) is 2.89. The van der Waals surface area contributed by atoms with Gasteiger partial charge in [-0.1, -0.05) is 6.07 Å². The van der Waals surface area contributed by atoms with Crippen LogP contribution in [0, 0.1) is 3.57 Å². The van der Waals surface area contributed by atoms with Gasteiger partial charge in [0.1, 0.15) is 0 Å². The summed E-state index contributed by atoms with van der Waals surface area (Å²) < 4.78 is 1.13. The predicted molar refractivity (Wildman–Crippen MR) is 93.6 cm³/mol. The number of piperidine rings is 1. The molecule has 6 heteroatoms. The van der Waals surface area contributed by atoms with Gasteiger partial charge in [-0.25, -0.2) is 0 Å². The Balaban J connectivity index is 0.00000200. The minimum absolute atomic E-state index is 0. The largest absolute Gasteiger partial charge is 0.325 e. The molecule has 1 amide bonds. The molecule has 0 aromatic heterocycles. The second-order valence-corrected chi connectivity index (χ2v) is 6.14. The fraction of sp³-hybridized carbons (Fsp3) is 0.500. The average molecular weight is 410 g/mol. The number of hydrogen-bond acceptors (Lipinski definition) is 3. The first-order chi connectivity index (χ1) is 9.17. The number of carbonyl (C=O) groups excluding carboxylic acids is 1. The Labute approximate surface area is 140 Å². The molecular weight excluding hydrogens is 389 g/mol. The van der Waals surface area contributed by atoms with E-state index in [0.717, 1.165) is 35.2 Å². The number of rotatable bonds is 4. The maximum Gasteiger partial charge on any atom is 0.238 e.